The van der Waals surface area contributed by atoms with Gasteiger partial charge in [-0.05, 0) is 33.4 Å². The second-order valence-corrected chi connectivity index (χ2v) is 5.17. The highest BCUT2D eigenvalue weighted by Crippen LogP contribution is 2.16. The second kappa shape index (κ2) is 6.61. The van der Waals surface area contributed by atoms with Crippen LogP contribution >= 0.6 is 0 Å². The molecule has 0 aliphatic heterocycles. The van der Waals surface area contributed by atoms with Crippen molar-refractivity contribution in [1.29, 1.82) is 0 Å². The summed E-state index contributed by atoms with van der Waals surface area (Å²) in [5, 5.41) is 7.93. The lowest BCUT2D eigenvalue weighted by Gasteiger charge is -2.14. The molecule has 0 saturated carbocycles. The van der Waals surface area contributed by atoms with Crippen LogP contribution in [-0.2, 0) is 6.42 Å². The quantitative estimate of drug-likeness (QED) is 0.878. The molecule has 0 spiro atoms. The van der Waals surface area contributed by atoms with Crippen molar-refractivity contribution in [2.45, 2.75) is 45.7 Å². The first kappa shape index (κ1) is 14.7. The van der Waals surface area contributed by atoms with Gasteiger partial charge >= 0.3 is 0 Å². The minimum Gasteiger partial charge on any atom is -0.311 e. The zero-order valence-electron chi connectivity index (χ0n) is 12.7. The van der Waals surface area contributed by atoms with Crippen LogP contribution in [-0.4, -0.2) is 26.8 Å². The summed E-state index contributed by atoms with van der Waals surface area (Å²) in [6.45, 7) is 6.29. The van der Waals surface area contributed by atoms with Gasteiger partial charge in [0.1, 0.15) is 0 Å². The van der Waals surface area contributed by atoms with Gasteiger partial charge in [-0.1, -0.05) is 6.92 Å². The normalized spacial score (nSPS) is 14.2. The number of aryl methyl sites for hydroxylation is 1. The van der Waals surface area contributed by atoms with Gasteiger partial charge in [0.2, 0.25) is 0 Å². The van der Waals surface area contributed by atoms with Gasteiger partial charge in [0.05, 0.1) is 29.3 Å². The van der Waals surface area contributed by atoms with Gasteiger partial charge in [0.25, 0.3) is 0 Å². The van der Waals surface area contributed by atoms with E-state index in [4.69, 9.17) is 0 Å². The molecule has 0 radical (unpaired) electrons. The number of nitrogens with one attached hydrogen (secondary N) is 1. The second-order valence-electron chi connectivity index (χ2n) is 5.17. The van der Waals surface area contributed by atoms with Crippen LogP contribution in [0.1, 0.15) is 49.4 Å². The fraction of sp³-hybridized carbons (Fsp3) is 0.533. The van der Waals surface area contributed by atoms with Crippen LogP contribution in [0.4, 0.5) is 0 Å². The molecule has 0 saturated heterocycles. The smallest absolute Gasteiger partial charge is 0.0760 e. The summed E-state index contributed by atoms with van der Waals surface area (Å²) in [6.07, 6.45) is 7.59. The number of hydrogen-bond acceptors (Lipinski definition) is 4. The average Bonchev–Trinajstić information content (AvgIpc) is 2.93. The molecule has 2 unspecified atom stereocenters. The number of aromatic nitrogens is 4. The summed E-state index contributed by atoms with van der Waals surface area (Å²) >= 11 is 0. The van der Waals surface area contributed by atoms with E-state index >= 15 is 0 Å². The Morgan fingerprint density at radius 2 is 2.10 bits per heavy atom. The summed E-state index contributed by atoms with van der Waals surface area (Å²) in [6, 6.07) is 2.66. The average molecular weight is 273 g/mol. The van der Waals surface area contributed by atoms with Gasteiger partial charge in [0, 0.05) is 24.9 Å². The summed E-state index contributed by atoms with van der Waals surface area (Å²) in [7, 11) is 1.94. The molecule has 1 N–H and O–H groups in total. The van der Waals surface area contributed by atoms with Gasteiger partial charge < -0.3 is 5.32 Å². The molecular weight excluding hydrogens is 250 g/mol. The third kappa shape index (κ3) is 3.42. The van der Waals surface area contributed by atoms with E-state index in [9.17, 15) is 0 Å². The van der Waals surface area contributed by atoms with Crippen LogP contribution in [0.5, 0.6) is 0 Å². The Kier molecular flexibility index (Phi) is 4.84. The first-order valence-corrected chi connectivity index (χ1v) is 7.13. The molecule has 2 atom stereocenters. The number of rotatable bonds is 6. The van der Waals surface area contributed by atoms with E-state index in [1.165, 1.54) is 0 Å². The van der Waals surface area contributed by atoms with Crippen LogP contribution in [0, 0.1) is 6.92 Å². The molecular formula is C15H23N5. The van der Waals surface area contributed by atoms with Gasteiger partial charge in [-0.15, -0.1) is 0 Å². The first-order valence-electron chi connectivity index (χ1n) is 7.13. The minimum absolute atomic E-state index is 0.142. The van der Waals surface area contributed by atoms with Gasteiger partial charge in [0.15, 0.2) is 0 Å². The molecule has 2 aromatic rings. The van der Waals surface area contributed by atoms with Crippen LogP contribution < -0.4 is 5.32 Å². The zero-order chi connectivity index (χ0) is 14.5. The predicted molar refractivity (Wildman–Crippen MR) is 79.5 cm³/mol. The Hall–Kier alpha value is -1.75. The van der Waals surface area contributed by atoms with E-state index < -0.39 is 0 Å². The molecule has 108 valence electrons. The zero-order valence-corrected chi connectivity index (χ0v) is 12.7. The Balaban J connectivity index is 2.10. The predicted octanol–water partition coefficient (Wildman–Crippen LogP) is 2.46. The summed E-state index contributed by atoms with van der Waals surface area (Å²) in [4.78, 5) is 8.75. The molecule has 0 fully saturated rings. The Bertz CT molecular complexity index is 531. The molecule has 0 amide bonds. The van der Waals surface area contributed by atoms with Crippen LogP contribution in [0.2, 0.25) is 0 Å². The Labute approximate surface area is 120 Å². The SMILES string of the molecule is CCC(C)n1ccc(CC(NC)c2cnc(C)cn2)n1. The number of hydrogen-bond donors (Lipinski definition) is 1. The van der Waals surface area contributed by atoms with Crippen molar-refractivity contribution in [1.82, 2.24) is 25.1 Å². The van der Waals surface area contributed by atoms with E-state index in [1.807, 2.05) is 24.9 Å². The fourth-order valence-corrected chi connectivity index (χ4v) is 2.06. The van der Waals surface area contributed by atoms with E-state index in [0.29, 0.717) is 6.04 Å². The molecule has 0 aromatic carbocycles. The number of nitrogens with zero attached hydrogens (tertiary/aromatic N) is 4. The van der Waals surface area contributed by atoms with E-state index in [0.717, 1.165) is 29.9 Å². The van der Waals surface area contributed by atoms with Crippen molar-refractivity contribution in [3.8, 4) is 0 Å². The maximum atomic E-state index is 4.64. The van der Waals surface area contributed by atoms with Crippen molar-refractivity contribution in [3.63, 3.8) is 0 Å². The third-order valence-electron chi connectivity index (χ3n) is 3.63. The largest absolute Gasteiger partial charge is 0.311 e. The van der Waals surface area contributed by atoms with Gasteiger partial charge in [-0.2, -0.15) is 5.10 Å². The fourth-order valence-electron chi connectivity index (χ4n) is 2.06. The molecule has 5 nitrogen and oxygen atoms in total. The molecule has 0 aliphatic carbocycles. The molecule has 0 bridgehead atoms. The lowest BCUT2D eigenvalue weighted by Crippen LogP contribution is -2.20. The minimum atomic E-state index is 0.142. The first-order chi connectivity index (χ1) is 9.63. The Morgan fingerprint density at radius 3 is 2.70 bits per heavy atom. The molecule has 5 heteroatoms. The molecule has 2 aromatic heterocycles. The van der Waals surface area contributed by atoms with Crippen LogP contribution in [0.3, 0.4) is 0 Å². The monoisotopic (exact) mass is 273 g/mol. The third-order valence-corrected chi connectivity index (χ3v) is 3.63. The lowest BCUT2D eigenvalue weighted by molar-refractivity contribution is 0.468. The maximum absolute atomic E-state index is 4.64. The van der Waals surface area contributed by atoms with Crippen molar-refractivity contribution in [3.05, 3.63) is 41.7 Å². The van der Waals surface area contributed by atoms with Crippen molar-refractivity contribution >= 4 is 0 Å². The number of likely N-dealkylation sites (N-methyl/N-ethyl adjacent to an activating group) is 1. The van der Waals surface area contributed by atoms with Crippen LogP contribution in [0.25, 0.3) is 0 Å². The highest BCUT2D eigenvalue weighted by molar-refractivity contribution is 5.11. The van der Waals surface area contributed by atoms with Crippen molar-refractivity contribution < 1.29 is 0 Å². The molecule has 0 aliphatic rings. The lowest BCUT2D eigenvalue weighted by atomic mass is 10.1. The summed E-state index contributed by atoms with van der Waals surface area (Å²) in [5.41, 5.74) is 2.97. The molecule has 20 heavy (non-hydrogen) atoms. The van der Waals surface area contributed by atoms with E-state index in [1.54, 1.807) is 6.20 Å². The van der Waals surface area contributed by atoms with Crippen molar-refractivity contribution in [2.75, 3.05) is 7.05 Å². The topological polar surface area (TPSA) is 55.6 Å². The standard InChI is InChI=1S/C15H23N5/c1-5-12(3)20-7-6-13(19-20)8-14(16-4)15-10-17-11(2)9-18-15/h6-7,9-10,12,14,16H,5,8H2,1-4H3. The summed E-state index contributed by atoms with van der Waals surface area (Å²) < 4.78 is 2.03. The van der Waals surface area contributed by atoms with E-state index in [2.05, 4.69) is 46.5 Å². The maximum Gasteiger partial charge on any atom is 0.0760 e. The van der Waals surface area contributed by atoms with Crippen LogP contribution in [0.15, 0.2) is 24.7 Å². The Morgan fingerprint density at radius 1 is 1.30 bits per heavy atom. The highest BCUT2D eigenvalue weighted by Gasteiger charge is 2.14. The van der Waals surface area contributed by atoms with Gasteiger partial charge in [-0.3, -0.25) is 14.6 Å². The van der Waals surface area contributed by atoms with Crippen molar-refractivity contribution in [2.24, 2.45) is 0 Å². The van der Waals surface area contributed by atoms with E-state index in [-0.39, 0.29) is 6.04 Å². The molecule has 2 rings (SSSR count). The highest BCUT2D eigenvalue weighted by atomic mass is 15.3. The van der Waals surface area contributed by atoms with Gasteiger partial charge in [-0.25, -0.2) is 0 Å². The summed E-state index contributed by atoms with van der Waals surface area (Å²) in [5.74, 6) is 0. The molecule has 2 heterocycles.